The van der Waals surface area contributed by atoms with Crippen LogP contribution in [-0.4, -0.2) is 74.2 Å². The maximum absolute atomic E-state index is 12.2. The van der Waals surface area contributed by atoms with Gasteiger partial charge in [-0.05, 0) is 43.0 Å². The van der Waals surface area contributed by atoms with E-state index in [9.17, 15) is 4.79 Å². The van der Waals surface area contributed by atoms with E-state index in [0.717, 1.165) is 51.4 Å². The molecule has 1 unspecified atom stereocenters. The van der Waals surface area contributed by atoms with E-state index in [4.69, 9.17) is 0 Å². The summed E-state index contributed by atoms with van der Waals surface area (Å²) < 4.78 is 1.98. The Kier molecular flexibility index (Phi) is 4.02. The number of aromatic nitrogens is 4. The summed E-state index contributed by atoms with van der Waals surface area (Å²) in [7, 11) is 0. The molecule has 1 amide bonds. The highest BCUT2D eigenvalue weighted by Crippen LogP contribution is 2.34. The Morgan fingerprint density at radius 1 is 1.22 bits per heavy atom. The second kappa shape index (κ2) is 6.16. The lowest BCUT2D eigenvalue weighted by molar-refractivity contribution is -0.126. The summed E-state index contributed by atoms with van der Waals surface area (Å²) in [4.78, 5) is 16.8. The number of nitrogens with one attached hydrogen (secondary N) is 1. The van der Waals surface area contributed by atoms with Crippen molar-refractivity contribution in [2.24, 2.45) is 0 Å². The monoisotopic (exact) mass is 319 g/mol. The van der Waals surface area contributed by atoms with E-state index in [0.29, 0.717) is 12.1 Å². The van der Waals surface area contributed by atoms with E-state index < -0.39 is 0 Å². The van der Waals surface area contributed by atoms with E-state index in [1.807, 2.05) is 11.6 Å². The topological polar surface area (TPSA) is 79.2 Å². The Labute approximate surface area is 136 Å². The molecule has 1 N–H and O–H groups in total. The number of hydrogen-bond donors (Lipinski definition) is 1. The third-order valence-corrected chi connectivity index (χ3v) is 5.08. The number of piperazine rings is 1. The summed E-state index contributed by atoms with van der Waals surface area (Å²) in [5.74, 6) is 1.15. The van der Waals surface area contributed by atoms with Crippen molar-refractivity contribution in [1.82, 2.24) is 35.3 Å². The van der Waals surface area contributed by atoms with E-state index in [1.54, 1.807) is 0 Å². The molecule has 1 aromatic rings. The number of tetrazole rings is 1. The lowest BCUT2D eigenvalue weighted by atomic mass is 10.2. The van der Waals surface area contributed by atoms with Crippen molar-refractivity contribution >= 4 is 5.91 Å². The fraction of sp³-hybridized carbons (Fsp3) is 0.867. The molecule has 23 heavy (non-hydrogen) atoms. The molecule has 2 aliphatic carbocycles. The van der Waals surface area contributed by atoms with Crippen molar-refractivity contribution in [1.29, 1.82) is 0 Å². The maximum atomic E-state index is 12.2. The smallest absolute Gasteiger partial charge is 0.237 e. The summed E-state index contributed by atoms with van der Waals surface area (Å²) in [6, 6.07) is 0.925. The highest BCUT2D eigenvalue weighted by Gasteiger charge is 2.31. The van der Waals surface area contributed by atoms with Crippen LogP contribution in [0.2, 0.25) is 0 Å². The predicted octanol–water partition coefficient (Wildman–Crippen LogP) is -0.207. The lowest BCUT2D eigenvalue weighted by Gasteiger charge is -2.37. The average Bonchev–Trinajstić information content (AvgIpc) is 3.49. The van der Waals surface area contributed by atoms with Gasteiger partial charge in [-0.1, -0.05) is 0 Å². The Morgan fingerprint density at radius 3 is 2.61 bits per heavy atom. The molecule has 1 saturated heterocycles. The van der Waals surface area contributed by atoms with Gasteiger partial charge in [-0.25, -0.2) is 4.68 Å². The molecular weight excluding hydrogens is 294 g/mol. The SMILES string of the molecule is CC(C(=O)NC1CC1)N1CCN(Cc2nnnn2C2CC2)CC1. The van der Waals surface area contributed by atoms with Gasteiger partial charge in [-0.3, -0.25) is 14.6 Å². The first-order valence-corrected chi connectivity index (χ1v) is 8.74. The molecule has 1 aromatic heterocycles. The van der Waals surface area contributed by atoms with Gasteiger partial charge in [-0.2, -0.15) is 0 Å². The van der Waals surface area contributed by atoms with Gasteiger partial charge in [0.25, 0.3) is 0 Å². The molecule has 8 heteroatoms. The third kappa shape index (κ3) is 3.53. The van der Waals surface area contributed by atoms with Gasteiger partial charge in [0, 0.05) is 32.2 Å². The van der Waals surface area contributed by atoms with Gasteiger partial charge in [-0.15, -0.1) is 5.10 Å². The molecular formula is C15H25N7O. The van der Waals surface area contributed by atoms with Crippen LogP contribution in [0, 0.1) is 0 Å². The standard InChI is InChI=1S/C15H25N7O/c1-11(15(23)16-12-2-3-12)21-8-6-20(7-9-21)10-14-17-18-19-22(14)13-4-5-13/h11-13H,2-10H2,1H3,(H,16,23). The van der Waals surface area contributed by atoms with Gasteiger partial charge in [0.05, 0.1) is 18.6 Å². The fourth-order valence-corrected chi connectivity index (χ4v) is 3.14. The van der Waals surface area contributed by atoms with Gasteiger partial charge >= 0.3 is 0 Å². The highest BCUT2D eigenvalue weighted by atomic mass is 16.2. The van der Waals surface area contributed by atoms with Crippen LogP contribution in [-0.2, 0) is 11.3 Å². The van der Waals surface area contributed by atoms with Crippen molar-refractivity contribution in [3.05, 3.63) is 5.82 Å². The normalized spacial score (nSPS) is 24.6. The van der Waals surface area contributed by atoms with E-state index in [-0.39, 0.29) is 11.9 Å². The first-order valence-electron chi connectivity index (χ1n) is 8.74. The van der Waals surface area contributed by atoms with Gasteiger partial charge < -0.3 is 5.32 Å². The average molecular weight is 319 g/mol. The van der Waals surface area contributed by atoms with Gasteiger partial charge in [0.2, 0.25) is 5.91 Å². The molecule has 8 nitrogen and oxygen atoms in total. The van der Waals surface area contributed by atoms with Crippen LogP contribution in [0.15, 0.2) is 0 Å². The van der Waals surface area contributed by atoms with Crippen LogP contribution in [0.5, 0.6) is 0 Å². The molecule has 2 heterocycles. The Morgan fingerprint density at radius 2 is 1.96 bits per heavy atom. The van der Waals surface area contributed by atoms with Crippen LogP contribution >= 0.6 is 0 Å². The predicted molar refractivity (Wildman–Crippen MR) is 83.6 cm³/mol. The number of carbonyl (C=O) groups is 1. The Balaban J connectivity index is 1.26. The van der Waals surface area contributed by atoms with Gasteiger partial charge in [0.1, 0.15) is 0 Å². The van der Waals surface area contributed by atoms with Crippen LogP contribution in [0.25, 0.3) is 0 Å². The summed E-state index contributed by atoms with van der Waals surface area (Å²) in [5.41, 5.74) is 0. The van der Waals surface area contributed by atoms with Crippen LogP contribution in [0.1, 0.15) is 44.5 Å². The molecule has 126 valence electrons. The number of rotatable bonds is 6. The minimum Gasteiger partial charge on any atom is -0.352 e. The zero-order valence-corrected chi connectivity index (χ0v) is 13.7. The van der Waals surface area contributed by atoms with Crippen molar-refractivity contribution in [2.45, 2.75) is 57.3 Å². The minimum atomic E-state index is -0.0328. The maximum Gasteiger partial charge on any atom is 0.237 e. The quantitative estimate of drug-likeness (QED) is 0.782. The van der Waals surface area contributed by atoms with E-state index in [2.05, 4.69) is 30.6 Å². The number of amides is 1. The largest absolute Gasteiger partial charge is 0.352 e. The first-order chi connectivity index (χ1) is 11.2. The molecule has 2 saturated carbocycles. The number of nitrogens with zero attached hydrogens (tertiary/aromatic N) is 6. The first kappa shape index (κ1) is 15.0. The molecule has 1 aliphatic heterocycles. The highest BCUT2D eigenvalue weighted by molar-refractivity contribution is 5.81. The number of hydrogen-bond acceptors (Lipinski definition) is 6. The Bertz CT molecular complexity index is 558. The summed E-state index contributed by atoms with van der Waals surface area (Å²) in [5, 5.41) is 15.2. The summed E-state index contributed by atoms with van der Waals surface area (Å²) in [6.07, 6.45) is 4.67. The van der Waals surface area contributed by atoms with Crippen molar-refractivity contribution in [2.75, 3.05) is 26.2 Å². The molecule has 0 radical (unpaired) electrons. The van der Waals surface area contributed by atoms with Crippen molar-refractivity contribution in [3.63, 3.8) is 0 Å². The lowest BCUT2D eigenvalue weighted by Crippen LogP contribution is -2.54. The zero-order valence-electron chi connectivity index (χ0n) is 13.7. The third-order valence-electron chi connectivity index (χ3n) is 5.08. The Hall–Kier alpha value is -1.54. The van der Waals surface area contributed by atoms with Crippen molar-refractivity contribution in [3.8, 4) is 0 Å². The summed E-state index contributed by atoms with van der Waals surface area (Å²) in [6.45, 7) is 6.58. The molecule has 0 bridgehead atoms. The van der Waals surface area contributed by atoms with E-state index >= 15 is 0 Å². The van der Waals surface area contributed by atoms with Crippen molar-refractivity contribution < 1.29 is 4.79 Å². The molecule has 4 rings (SSSR count). The summed E-state index contributed by atoms with van der Waals surface area (Å²) >= 11 is 0. The minimum absolute atomic E-state index is 0.0328. The van der Waals surface area contributed by atoms with Crippen LogP contribution in [0.3, 0.4) is 0 Å². The second-order valence-electron chi connectivity index (χ2n) is 7.04. The van der Waals surface area contributed by atoms with Gasteiger partial charge in [0.15, 0.2) is 5.82 Å². The second-order valence-corrected chi connectivity index (χ2v) is 7.04. The molecule has 0 aromatic carbocycles. The fourth-order valence-electron chi connectivity index (χ4n) is 3.14. The molecule has 3 fully saturated rings. The molecule has 1 atom stereocenters. The van der Waals surface area contributed by atoms with E-state index in [1.165, 1.54) is 12.8 Å². The molecule has 0 spiro atoms. The van der Waals surface area contributed by atoms with Crippen LogP contribution < -0.4 is 5.32 Å². The van der Waals surface area contributed by atoms with Crippen LogP contribution in [0.4, 0.5) is 0 Å². The molecule has 3 aliphatic rings. The number of carbonyl (C=O) groups excluding carboxylic acids is 1. The zero-order chi connectivity index (χ0) is 15.8.